The summed E-state index contributed by atoms with van der Waals surface area (Å²) < 4.78 is 46.6. The molecule has 2 aromatic rings. The molecule has 2 aliphatic rings. The molecule has 2 aromatic heterocycles. The van der Waals surface area contributed by atoms with Crippen molar-refractivity contribution < 1.29 is 28.9 Å². The van der Waals surface area contributed by atoms with Gasteiger partial charge in [0.1, 0.15) is 11.4 Å². The summed E-state index contributed by atoms with van der Waals surface area (Å²) in [5.74, 6) is -1.39. The van der Waals surface area contributed by atoms with Crippen LogP contribution in [-0.4, -0.2) is 58.1 Å². The number of halogens is 3. The van der Waals surface area contributed by atoms with Crippen LogP contribution in [0.5, 0.6) is 5.75 Å². The number of nitrogens with zero attached hydrogens (tertiary/aromatic N) is 3. The lowest BCUT2D eigenvalue weighted by Gasteiger charge is -2.47. The number of Topliss-reactive ketones (excluding diaryl/α,β-unsaturated/α-hetero) is 1. The lowest BCUT2D eigenvalue weighted by molar-refractivity contribution is -0.0892. The Morgan fingerprint density at radius 2 is 1.88 bits per heavy atom. The third-order valence-corrected chi connectivity index (χ3v) is 6.60. The number of hydrogen-bond donors (Lipinski definition) is 1. The van der Waals surface area contributed by atoms with E-state index in [1.807, 2.05) is 13.8 Å². The smallest absolute Gasteiger partial charge is 0.456 e. The number of aryl methyl sites for hydroxylation is 1. The molecule has 4 rings (SSSR count). The molecule has 34 heavy (non-hydrogen) atoms. The van der Waals surface area contributed by atoms with Crippen LogP contribution in [0, 0.1) is 6.92 Å². The Morgan fingerprint density at radius 1 is 1.21 bits per heavy atom. The van der Waals surface area contributed by atoms with Gasteiger partial charge in [0.05, 0.1) is 23.0 Å². The average molecular weight is 481 g/mol. The quantitative estimate of drug-likeness (QED) is 0.662. The van der Waals surface area contributed by atoms with Gasteiger partial charge in [-0.1, -0.05) is 0 Å². The van der Waals surface area contributed by atoms with Crippen LogP contribution < -0.4 is 10.1 Å². The molecule has 1 N–H and O–H groups in total. The Balaban J connectivity index is 0.00000342. The highest BCUT2D eigenvalue weighted by Gasteiger charge is 2.47. The predicted octanol–water partition coefficient (Wildman–Crippen LogP) is 4.27. The number of rotatable bonds is 4. The topological polar surface area (TPSA) is 76.5 Å². The number of nitrogens with one attached hydrogen (secondary N) is 1. The van der Waals surface area contributed by atoms with E-state index in [4.69, 9.17) is 4.74 Å². The van der Waals surface area contributed by atoms with Crippen LogP contribution in [0.4, 0.5) is 13.2 Å². The van der Waals surface area contributed by atoms with Crippen molar-refractivity contribution in [2.75, 3.05) is 19.6 Å². The number of pyridine rings is 1. The number of hydrogen-bond acceptors (Lipinski definition) is 5. The number of piperidine rings is 1. The minimum absolute atomic E-state index is 0. The molecule has 0 bridgehead atoms. The highest BCUT2D eigenvalue weighted by molar-refractivity contribution is 5.99. The van der Waals surface area contributed by atoms with Gasteiger partial charge in [0, 0.05) is 32.8 Å². The lowest BCUT2D eigenvalue weighted by atomic mass is 9.82. The van der Waals surface area contributed by atoms with Crippen LogP contribution in [0.1, 0.15) is 73.4 Å². The zero-order valence-corrected chi connectivity index (χ0v) is 19.7. The van der Waals surface area contributed by atoms with Gasteiger partial charge >= 0.3 is 6.18 Å². The van der Waals surface area contributed by atoms with E-state index in [9.17, 15) is 22.8 Å². The molecule has 0 saturated carbocycles. The van der Waals surface area contributed by atoms with Gasteiger partial charge in [-0.15, -0.1) is 0 Å². The summed E-state index contributed by atoms with van der Waals surface area (Å²) >= 11 is 0. The fraction of sp³-hybridized carbons (Fsp3) is 0.542. The fourth-order valence-corrected chi connectivity index (χ4v) is 4.90. The predicted molar refractivity (Wildman–Crippen MR) is 121 cm³/mol. The van der Waals surface area contributed by atoms with E-state index in [1.165, 1.54) is 10.6 Å². The highest BCUT2D eigenvalue weighted by atomic mass is 19.4. The summed E-state index contributed by atoms with van der Waals surface area (Å²) in [5.41, 5.74) is 0.700. The second-order valence-electron chi connectivity index (χ2n) is 9.35. The van der Waals surface area contributed by atoms with Gasteiger partial charge in [-0.2, -0.15) is 13.2 Å². The highest BCUT2D eigenvalue weighted by Crippen LogP contribution is 2.40. The third-order valence-electron chi connectivity index (χ3n) is 6.60. The minimum atomic E-state index is -4.93. The molecule has 1 spiro atoms. The first-order valence-electron chi connectivity index (χ1n) is 11.4. The van der Waals surface area contributed by atoms with E-state index in [-0.39, 0.29) is 25.2 Å². The van der Waals surface area contributed by atoms with E-state index >= 15 is 0 Å². The van der Waals surface area contributed by atoms with Crippen molar-refractivity contribution in [2.45, 2.75) is 64.4 Å². The largest absolute Gasteiger partial charge is 0.489 e. The molecule has 1 amide bonds. The second kappa shape index (κ2) is 8.72. The van der Waals surface area contributed by atoms with Gasteiger partial charge < -0.3 is 19.5 Å². The Bertz CT molecular complexity index is 1110. The standard InChI is InChI=1S/C24H29F3N4O3.H2/c1-14(2)34-19-7-5-17(29-16(19)4)22(33)30-11-9-23(10-12-30)20-8-6-18(21(32)24(25,26)27)31(20)15(3)13-28-23;/h5-8,14-15,28H,9-13H2,1-4H3;1H. The van der Waals surface area contributed by atoms with Crippen LogP contribution in [0.2, 0.25) is 0 Å². The molecule has 7 nitrogen and oxygen atoms in total. The van der Waals surface area contributed by atoms with E-state index in [0.29, 0.717) is 55.3 Å². The minimum Gasteiger partial charge on any atom is -0.489 e. The number of aromatic nitrogens is 2. The van der Waals surface area contributed by atoms with Crippen molar-refractivity contribution in [3.05, 3.63) is 47.0 Å². The Morgan fingerprint density at radius 3 is 2.47 bits per heavy atom. The van der Waals surface area contributed by atoms with E-state index in [1.54, 1.807) is 36.9 Å². The SMILES string of the molecule is Cc1nc(C(=O)N2CCC3(CC2)NCC(C)n2c(C(=O)C(F)(F)F)ccc23)ccc1OC(C)C.[HH]. The monoisotopic (exact) mass is 480 g/mol. The molecular weight excluding hydrogens is 449 g/mol. The van der Waals surface area contributed by atoms with Crippen LogP contribution in [-0.2, 0) is 5.54 Å². The molecule has 0 aliphatic carbocycles. The molecule has 2 aliphatic heterocycles. The maximum Gasteiger partial charge on any atom is 0.456 e. The van der Waals surface area contributed by atoms with E-state index < -0.39 is 17.5 Å². The maximum absolute atomic E-state index is 13.1. The molecule has 1 saturated heterocycles. The number of amides is 1. The molecule has 0 aromatic carbocycles. The number of alkyl halides is 3. The summed E-state index contributed by atoms with van der Waals surface area (Å²) in [7, 11) is 0. The summed E-state index contributed by atoms with van der Waals surface area (Å²) in [4.78, 5) is 31.2. The van der Waals surface area contributed by atoms with Crippen molar-refractivity contribution in [1.82, 2.24) is 19.8 Å². The lowest BCUT2D eigenvalue weighted by Crippen LogP contribution is -2.57. The van der Waals surface area contributed by atoms with Gasteiger partial charge in [-0.05, 0) is 64.8 Å². The Labute approximate surface area is 197 Å². The fourth-order valence-electron chi connectivity index (χ4n) is 4.90. The number of likely N-dealkylation sites (tertiary alicyclic amines) is 1. The summed E-state index contributed by atoms with van der Waals surface area (Å²) in [6, 6.07) is 5.98. The van der Waals surface area contributed by atoms with E-state index in [2.05, 4.69) is 10.3 Å². The molecule has 4 heterocycles. The first-order valence-corrected chi connectivity index (χ1v) is 11.4. The first kappa shape index (κ1) is 24.3. The van der Waals surface area contributed by atoms with Gasteiger partial charge in [0.2, 0.25) is 0 Å². The second-order valence-corrected chi connectivity index (χ2v) is 9.35. The van der Waals surface area contributed by atoms with Crippen molar-refractivity contribution in [3.63, 3.8) is 0 Å². The van der Waals surface area contributed by atoms with Gasteiger partial charge in [0.15, 0.2) is 0 Å². The van der Waals surface area contributed by atoms with Crippen LogP contribution in [0.15, 0.2) is 24.3 Å². The zero-order valence-electron chi connectivity index (χ0n) is 19.7. The van der Waals surface area contributed by atoms with Crippen LogP contribution >= 0.6 is 0 Å². The van der Waals surface area contributed by atoms with Gasteiger partial charge in [0.25, 0.3) is 11.7 Å². The average Bonchev–Trinajstić information content (AvgIpc) is 3.23. The maximum atomic E-state index is 13.1. The molecule has 1 fully saturated rings. The summed E-state index contributed by atoms with van der Waals surface area (Å²) in [5, 5.41) is 3.48. The third kappa shape index (κ3) is 4.31. The van der Waals surface area contributed by atoms with Gasteiger partial charge in [-0.3, -0.25) is 9.59 Å². The van der Waals surface area contributed by atoms with Crippen molar-refractivity contribution in [1.29, 1.82) is 0 Å². The van der Waals surface area contributed by atoms with E-state index in [0.717, 1.165) is 0 Å². The first-order chi connectivity index (χ1) is 15.9. The number of carbonyl (C=O) groups is 2. The molecular formula is C24H31F3N4O3. The Hall–Kier alpha value is -2.88. The van der Waals surface area contributed by atoms with Crippen LogP contribution in [0.25, 0.3) is 0 Å². The normalized spacial score (nSPS) is 19.9. The van der Waals surface area contributed by atoms with Crippen LogP contribution in [0.3, 0.4) is 0 Å². The summed E-state index contributed by atoms with van der Waals surface area (Å²) in [6.07, 6.45) is -3.90. The van der Waals surface area contributed by atoms with Crippen molar-refractivity contribution in [2.24, 2.45) is 0 Å². The number of fused-ring (bicyclic) bond motifs is 2. The molecule has 0 radical (unpaired) electrons. The number of carbonyl (C=O) groups excluding carboxylic acids is 2. The molecule has 1 atom stereocenters. The summed E-state index contributed by atoms with van der Waals surface area (Å²) in [6.45, 7) is 8.68. The molecule has 1 unspecified atom stereocenters. The van der Waals surface area contributed by atoms with Gasteiger partial charge in [-0.25, -0.2) is 4.98 Å². The van der Waals surface area contributed by atoms with Crippen molar-refractivity contribution >= 4 is 11.7 Å². The van der Waals surface area contributed by atoms with Crippen molar-refractivity contribution in [3.8, 4) is 5.75 Å². The Kier molecular flexibility index (Phi) is 6.22. The molecule has 10 heteroatoms. The molecule has 186 valence electrons. The number of ketones is 1. The number of ether oxygens (including phenoxy) is 1. The zero-order chi connectivity index (χ0) is 24.8.